The minimum atomic E-state index is -4.11. The third-order valence-corrected chi connectivity index (χ3v) is 6.41. The molecule has 0 aliphatic rings. The molecule has 0 bridgehead atoms. The van der Waals surface area contributed by atoms with Crippen LogP contribution in [0.5, 0.6) is 0 Å². The first kappa shape index (κ1) is 23.2. The molecule has 0 unspecified atom stereocenters. The van der Waals surface area contributed by atoms with Crippen molar-refractivity contribution in [2.24, 2.45) is 0 Å². The third kappa shape index (κ3) is 7.01. The van der Waals surface area contributed by atoms with Crippen LogP contribution in [0.2, 0.25) is 0 Å². The number of carbonyl (C=O) groups is 1. The maximum Gasteiger partial charge on any atom is 0.251 e. The van der Waals surface area contributed by atoms with Crippen LogP contribution in [0.3, 0.4) is 0 Å². The van der Waals surface area contributed by atoms with Gasteiger partial charge in [-0.25, -0.2) is 30.3 Å². The third-order valence-electron chi connectivity index (χ3n) is 3.59. The van der Waals surface area contributed by atoms with Gasteiger partial charge in [0.15, 0.2) is 0 Å². The van der Waals surface area contributed by atoms with Crippen LogP contribution >= 0.6 is 0 Å². The number of carbonyl (C=O) groups excluding carboxylic acids is 1. The van der Waals surface area contributed by atoms with Gasteiger partial charge in [0.25, 0.3) is 5.91 Å². The summed E-state index contributed by atoms with van der Waals surface area (Å²) in [6.45, 7) is 5.75. The van der Waals surface area contributed by atoms with Crippen LogP contribution in [0, 0.1) is 5.82 Å². The topological polar surface area (TPSA) is 113 Å². The maximum absolute atomic E-state index is 13.9. The highest BCUT2D eigenvalue weighted by molar-refractivity contribution is 7.89. The van der Waals surface area contributed by atoms with Gasteiger partial charge in [0.2, 0.25) is 20.0 Å². The second-order valence-corrected chi connectivity index (χ2v) is 9.37. The first-order valence-electron chi connectivity index (χ1n) is 8.16. The highest BCUT2D eigenvalue weighted by Crippen LogP contribution is 2.16. The number of hydrogen-bond donors (Lipinski definition) is 2. The van der Waals surface area contributed by atoms with Gasteiger partial charge in [0, 0.05) is 31.7 Å². The predicted octanol–water partition coefficient (Wildman–Crippen LogP) is 0.691. The molecule has 27 heavy (non-hydrogen) atoms. The van der Waals surface area contributed by atoms with E-state index in [-0.39, 0.29) is 25.2 Å². The van der Waals surface area contributed by atoms with Crippen molar-refractivity contribution >= 4 is 26.0 Å². The van der Waals surface area contributed by atoms with Crippen molar-refractivity contribution in [2.75, 3.05) is 32.4 Å². The largest absolute Gasteiger partial charge is 0.352 e. The Morgan fingerprint density at radius 2 is 1.96 bits per heavy atom. The number of nitrogens with zero attached hydrogens (tertiary/aromatic N) is 1. The zero-order valence-electron chi connectivity index (χ0n) is 15.2. The molecule has 11 heteroatoms. The number of nitrogens with one attached hydrogen (secondary N) is 2. The SMILES string of the molecule is C=CCNS(=O)(=O)c1cc(C(=O)NCCCN(CC)S(C)(=O)=O)ccc1F. The first-order valence-corrected chi connectivity index (χ1v) is 11.5. The molecular formula is C16H24FN3O5S2. The van der Waals surface area contributed by atoms with Gasteiger partial charge in [-0.1, -0.05) is 13.0 Å². The average Bonchev–Trinajstić information content (AvgIpc) is 2.58. The molecule has 0 fully saturated rings. The van der Waals surface area contributed by atoms with E-state index in [1.165, 1.54) is 16.4 Å². The number of rotatable bonds is 11. The zero-order chi connectivity index (χ0) is 20.7. The Morgan fingerprint density at radius 3 is 2.52 bits per heavy atom. The van der Waals surface area contributed by atoms with Crippen molar-refractivity contribution in [3.63, 3.8) is 0 Å². The van der Waals surface area contributed by atoms with Crippen LogP contribution in [0.15, 0.2) is 35.7 Å². The van der Waals surface area contributed by atoms with E-state index in [4.69, 9.17) is 0 Å². The van der Waals surface area contributed by atoms with E-state index >= 15 is 0 Å². The highest BCUT2D eigenvalue weighted by atomic mass is 32.2. The van der Waals surface area contributed by atoms with Crippen molar-refractivity contribution in [2.45, 2.75) is 18.2 Å². The molecule has 1 rings (SSSR count). The fraction of sp³-hybridized carbons (Fsp3) is 0.438. The van der Waals surface area contributed by atoms with E-state index in [1.807, 2.05) is 0 Å². The molecule has 0 heterocycles. The fourth-order valence-electron chi connectivity index (χ4n) is 2.21. The van der Waals surface area contributed by atoms with Crippen molar-refractivity contribution in [3.05, 3.63) is 42.2 Å². The Morgan fingerprint density at radius 1 is 1.30 bits per heavy atom. The average molecular weight is 422 g/mol. The molecule has 0 aliphatic heterocycles. The second-order valence-electron chi connectivity index (χ2n) is 5.65. The predicted molar refractivity (Wildman–Crippen MR) is 101 cm³/mol. The minimum Gasteiger partial charge on any atom is -0.352 e. The Bertz CT molecular complexity index is 885. The molecule has 8 nitrogen and oxygen atoms in total. The van der Waals surface area contributed by atoms with E-state index in [2.05, 4.69) is 16.6 Å². The van der Waals surface area contributed by atoms with Gasteiger partial charge in [0.05, 0.1) is 6.26 Å². The van der Waals surface area contributed by atoms with Crippen LogP contribution in [0.4, 0.5) is 4.39 Å². The number of hydrogen-bond acceptors (Lipinski definition) is 5. The van der Waals surface area contributed by atoms with E-state index in [9.17, 15) is 26.0 Å². The van der Waals surface area contributed by atoms with Crippen LogP contribution < -0.4 is 10.0 Å². The lowest BCUT2D eigenvalue weighted by Gasteiger charge is -2.17. The second kappa shape index (κ2) is 9.93. The van der Waals surface area contributed by atoms with Gasteiger partial charge in [-0.15, -0.1) is 6.58 Å². The van der Waals surface area contributed by atoms with Gasteiger partial charge in [-0.2, -0.15) is 0 Å². The molecule has 0 atom stereocenters. The van der Waals surface area contributed by atoms with Gasteiger partial charge < -0.3 is 5.32 Å². The van der Waals surface area contributed by atoms with E-state index in [1.54, 1.807) is 6.92 Å². The van der Waals surface area contributed by atoms with Gasteiger partial charge >= 0.3 is 0 Å². The van der Waals surface area contributed by atoms with Crippen LogP contribution in [0.1, 0.15) is 23.7 Å². The summed E-state index contributed by atoms with van der Waals surface area (Å²) in [5.74, 6) is -1.56. The van der Waals surface area contributed by atoms with E-state index in [0.717, 1.165) is 18.4 Å². The monoisotopic (exact) mass is 421 g/mol. The fourth-order valence-corrected chi connectivity index (χ4v) is 4.24. The van der Waals surface area contributed by atoms with Gasteiger partial charge in [0.1, 0.15) is 10.7 Å². The first-order chi connectivity index (χ1) is 12.5. The lowest BCUT2D eigenvalue weighted by Crippen LogP contribution is -2.33. The maximum atomic E-state index is 13.9. The van der Waals surface area contributed by atoms with Crippen LogP contribution in [-0.2, 0) is 20.0 Å². The van der Waals surface area contributed by atoms with E-state index < -0.39 is 36.7 Å². The molecule has 0 aromatic heterocycles. The smallest absolute Gasteiger partial charge is 0.251 e. The summed E-state index contributed by atoms with van der Waals surface area (Å²) in [7, 11) is -7.42. The Hall–Kier alpha value is -1.82. The molecule has 1 aromatic rings. The normalized spacial score (nSPS) is 12.1. The van der Waals surface area contributed by atoms with Crippen molar-refractivity contribution in [1.82, 2.24) is 14.3 Å². The Balaban J connectivity index is 2.76. The molecule has 0 saturated carbocycles. The number of sulfonamides is 2. The molecule has 1 amide bonds. The summed E-state index contributed by atoms with van der Waals surface area (Å²) in [5, 5.41) is 2.56. The quantitative estimate of drug-likeness (QED) is 0.403. The van der Waals surface area contributed by atoms with Crippen molar-refractivity contribution < 1.29 is 26.0 Å². The molecule has 1 aromatic carbocycles. The summed E-state index contributed by atoms with van der Waals surface area (Å²) in [6, 6.07) is 3.02. The summed E-state index contributed by atoms with van der Waals surface area (Å²) < 4.78 is 64.4. The summed E-state index contributed by atoms with van der Waals surface area (Å²) in [5.41, 5.74) is -0.0224. The van der Waals surface area contributed by atoms with Crippen molar-refractivity contribution in [1.29, 1.82) is 0 Å². The lowest BCUT2D eigenvalue weighted by molar-refractivity contribution is 0.0952. The summed E-state index contributed by atoms with van der Waals surface area (Å²) in [4.78, 5) is 11.5. The standard InChI is InChI=1S/C16H24FN3O5S2/c1-4-9-19-27(24,25)15-12-13(7-8-14(15)17)16(21)18-10-6-11-20(5-2)26(3,22)23/h4,7-8,12,19H,1,5-6,9-11H2,2-3H3,(H,18,21). The number of halogens is 1. The van der Waals surface area contributed by atoms with Gasteiger partial charge in [-0.3, -0.25) is 4.79 Å². The van der Waals surface area contributed by atoms with E-state index in [0.29, 0.717) is 13.0 Å². The van der Waals surface area contributed by atoms with Crippen molar-refractivity contribution in [3.8, 4) is 0 Å². The molecule has 0 saturated heterocycles. The lowest BCUT2D eigenvalue weighted by atomic mass is 10.2. The Labute approximate surface area is 159 Å². The molecule has 152 valence electrons. The van der Waals surface area contributed by atoms with Gasteiger partial charge in [-0.05, 0) is 24.6 Å². The Kier molecular flexibility index (Phi) is 8.54. The molecule has 0 radical (unpaired) electrons. The summed E-state index contributed by atoms with van der Waals surface area (Å²) in [6.07, 6.45) is 2.79. The molecule has 0 spiro atoms. The molecular weight excluding hydrogens is 397 g/mol. The van der Waals surface area contributed by atoms with Crippen LogP contribution in [-0.4, -0.2) is 59.5 Å². The number of benzene rings is 1. The van der Waals surface area contributed by atoms with Crippen LogP contribution in [0.25, 0.3) is 0 Å². The molecule has 0 aliphatic carbocycles. The minimum absolute atomic E-state index is 0.0224. The highest BCUT2D eigenvalue weighted by Gasteiger charge is 2.20. The number of amides is 1. The zero-order valence-corrected chi connectivity index (χ0v) is 16.9. The summed E-state index contributed by atoms with van der Waals surface area (Å²) >= 11 is 0. The molecule has 2 N–H and O–H groups in total.